The molecule has 6 atom stereocenters. The zero-order chi connectivity index (χ0) is 26.5. The van der Waals surface area contributed by atoms with Gasteiger partial charge in [0.25, 0.3) is 0 Å². The Morgan fingerprint density at radius 3 is 2.67 bits per heavy atom. The second-order valence-electron chi connectivity index (χ2n) is 10.7. The summed E-state index contributed by atoms with van der Waals surface area (Å²) < 4.78 is 4.55. The molecule has 3 aliphatic rings. The van der Waals surface area contributed by atoms with Crippen molar-refractivity contribution in [3.05, 3.63) is 25.3 Å². The molecule has 3 aliphatic heterocycles. The van der Waals surface area contributed by atoms with E-state index >= 15 is 0 Å². The van der Waals surface area contributed by atoms with Gasteiger partial charge in [-0.25, -0.2) is 0 Å². The number of thioether (sulfide) groups is 1. The lowest BCUT2D eigenvalue weighted by Gasteiger charge is -2.39. The minimum Gasteiger partial charge on any atom is -0.465 e. The van der Waals surface area contributed by atoms with Gasteiger partial charge in [0.1, 0.15) is 6.04 Å². The van der Waals surface area contributed by atoms with Gasteiger partial charge in [0.2, 0.25) is 11.8 Å². The molecule has 7 nitrogen and oxygen atoms in total. The van der Waals surface area contributed by atoms with Crippen LogP contribution in [0.25, 0.3) is 0 Å². The summed E-state index contributed by atoms with van der Waals surface area (Å²) in [6, 6.07) is -0.581. The van der Waals surface area contributed by atoms with E-state index in [0.717, 1.165) is 32.1 Å². The smallest absolute Gasteiger partial charge is 0.311 e. The molecule has 3 heterocycles. The maximum Gasteiger partial charge on any atom is 0.311 e. The summed E-state index contributed by atoms with van der Waals surface area (Å²) in [6.07, 6.45) is 9.51. The van der Waals surface area contributed by atoms with E-state index in [1.807, 2.05) is 4.90 Å². The molecule has 3 fully saturated rings. The van der Waals surface area contributed by atoms with Gasteiger partial charge >= 0.3 is 5.97 Å². The number of likely N-dealkylation sites (tertiary alicyclic amines) is 1. The van der Waals surface area contributed by atoms with Crippen LogP contribution in [0.4, 0.5) is 0 Å². The topological polar surface area (TPSA) is 87.1 Å². The third-order valence-corrected chi connectivity index (χ3v) is 10.2. The zero-order valence-corrected chi connectivity index (χ0v) is 23.1. The van der Waals surface area contributed by atoms with Gasteiger partial charge in [-0.1, -0.05) is 25.5 Å². The van der Waals surface area contributed by atoms with E-state index in [-0.39, 0.29) is 37.0 Å². The van der Waals surface area contributed by atoms with Crippen LogP contribution in [0, 0.1) is 11.8 Å². The number of ether oxygens (including phenoxy) is 1. The Morgan fingerprint density at radius 1 is 1.28 bits per heavy atom. The van der Waals surface area contributed by atoms with Crippen LogP contribution in [0.15, 0.2) is 25.3 Å². The Kier molecular flexibility index (Phi) is 9.72. The fourth-order valence-electron chi connectivity index (χ4n) is 6.56. The molecule has 3 saturated heterocycles. The average molecular weight is 521 g/mol. The van der Waals surface area contributed by atoms with Crippen molar-refractivity contribution in [1.29, 1.82) is 0 Å². The number of esters is 1. The molecule has 0 aromatic rings. The molecule has 2 amide bonds. The lowest BCUT2D eigenvalue weighted by atomic mass is 9.66. The van der Waals surface area contributed by atoms with Crippen LogP contribution in [-0.2, 0) is 19.1 Å². The van der Waals surface area contributed by atoms with Crippen LogP contribution in [0.5, 0.6) is 0 Å². The van der Waals surface area contributed by atoms with E-state index in [2.05, 4.69) is 33.9 Å². The van der Waals surface area contributed by atoms with Crippen LogP contribution in [0.3, 0.4) is 0 Å². The van der Waals surface area contributed by atoms with Crippen LogP contribution in [0.1, 0.15) is 72.1 Å². The van der Waals surface area contributed by atoms with Crippen molar-refractivity contribution in [3.63, 3.8) is 0 Å². The van der Waals surface area contributed by atoms with Gasteiger partial charge in [-0.15, -0.1) is 24.9 Å². The number of nitrogens with zero attached hydrogens (tertiary/aromatic N) is 2. The van der Waals surface area contributed by atoms with Crippen molar-refractivity contribution >= 4 is 29.5 Å². The molecule has 3 rings (SSSR count). The normalized spacial score (nSPS) is 31.3. The Bertz CT molecular complexity index is 850. The highest BCUT2D eigenvalue weighted by Gasteiger charge is 2.77. The first kappa shape index (κ1) is 28.8. The molecule has 8 heteroatoms. The summed E-state index contributed by atoms with van der Waals surface area (Å²) in [6.45, 7) is 15.0. The minimum absolute atomic E-state index is 0.0288. The number of hydrogen-bond donors (Lipinski definition) is 1. The Labute approximate surface area is 220 Å². The first-order valence-electron chi connectivity index (χ1n) is 13.5. The molecule has 0 radical (unpaired) electrons. The van der Waals surface area contributed by atoms with Gasteiger partial charge in [0.15, 0.2) is 0 Å². The van der Waals surface area contributed by atoms with E-state index < -0.39 is 27.4 Å². The van der Waals surface area contributed by atoms with Crippen molar-refractivity contribution in [2.75, 3.05) is 26.3 Å². The van der Waals surface area contributed by atoms with E-state index in [4.69, 9.17) is 4.74 Å². The number of carbonyl (C=O) groups excluding carboxylic acids is 3. The molecular weight excluding hydrogens is 476 g/mol. The summed E-state index contributed by atoms with van der Waals surface area (Å²) in [5.74, 6) is -1.59. The first-order chi connectivity index (χ1) is 17.2. The largest absolute Gasteiger partial charge is 0.465 e. The van der Waals surface area contributed by atoms with Gasteiger partial charge in [-0.05, 0) is 58.8 Å². The molecule has 202 valence electrons. The van der Waals surface area contributed by atoms with Gasteiger partial charge in [0.05, 0.1) is 23.2 Å². The predicted octanol–water partition coefficient (Wildman–Crippen LogP) is 3.95. The number of fused-ring (bicyclic) bond motifs is 1. The molecular formula is C28H44N2O5S. The number of rotatable bonds is 15. The SMILES string of the molecule is C=CCCOC(=O)[C@@H]1[C@H]2C(=O)N(CCCCCO)C(C(=O)N(CC=C)C(C)CCC)C23CC[C@@]1(C)S3. The summed E-state index contributed by atoms with van der Waals surface area (Å²) in [4.78, 5) is 45.4. The molecule has 1 N–H and O–H groups in total. The molecule has 3 unspecified atom stereocenters. The fourth-order valence-corrected chi connectivity index (χ4v) is 8.90. The lowest BCUT2D eigenvalue weighted by molar-refractivity contribution is -0.155. The molecule has 0 aromatic heterocycles. The highest BCUT2D eigenvalue weighted by atomic mass is 32.2. The highest BCUT2D eigenvalue weighted by Crippen LogP contribution is 2.71. The molecule has 2 bridgehead atoms. The summed E-state index contributed by atoms with van der Waals surface area (Å²) >= 11 is 1.68. The van der Waals surface area contributed by atoms with Gasteiger partial charge < -0.3 is 19.6 Å². The van der Waals surface area contributed by atoms with Crippen molar-refractivity contribution in [2.45, 2.75) is 93.7 Å². The highest BCUT2D eigenvalue weighted by molar-refractivity contribution is 8.02. The number of unbranched alkanes of at least 4 members (excludes halogenated alkanes) is 2. The Hall–Kier alpha value is -1.80. The van der Waals surface area contributed by atoms with Gasteiger partial charge in [-0.3, -0.25) is 14.4 Å². The van der Waals surface area contributed by atoms with Crippen LogP contribution in [-0.4, -0.2) is 80.6 Å². The van der Waals surface area contributed by atoms with E-state index in [1.54, 1.807) is 28.8 Å². The molecule has 36 heavy (non-hydrogen) atoms. The maximum atomic E-state index is 14.3. The molecule has 0 aromatic carbocycles. The number of aliphatic hydroxyl groups excluding tert-OH is 1. The van der Waals surface area contributed by atoms with Crippen molar-refractivity contribution < 1.29 is 24.2 Å². The molecule has 0 aliphatic carbocycles. The van der Waals surface area contributed by atoms with Crippen molar-refractivity contribution in [1.82, 2.24) is 9.80 Å². The van der Waals surface area contributed by atoms with Crippen LogP contribution < -0.4 is 0 Å². The lowest BCUT2D eigenvalue weighted by Crippen LogP contribution is -2.56. The number of aliphatic hydroxyl groups is 1. The third kappa shape index (κ3) is 5.13. The van der Waals surface area contributed by atoms with Crippen molar-refractivity contribution in [3.8, 4) is 0 Å². The monoisotopic (exact) mass is 520 g/mol. The Morgan fingerprint density at radius 2 is 2.03 bits per heavy atom. The molecule has 1 spiro atoms. The second-order valence-corrected chi connectivity index (χ2v) is 12.6. The number of carbonyl (C=O) groups is 3. The second kappa shape index (κ2) is 12.2. The summed E-state index contributed by atoms with van der Waals surface area (Å²) in [5, 5.41) is 9.21. The average Bonchev–Trinajstić information content (AvgIpc) is 3.41. The predicted molar refractivity (Wildman–Crippen MR) is 143 cm³/mol. The van der Waals surface area contributed by atoms with Gasteiger partial charge in [-0.2, -0.15) is 0 Å². The van der Waals surface area contributed by atoms with Crippen molar-refractivity contribution in [2.24, 2.45) is 11.8 Å². The zero-order valence-electron chi connectivity index (χ0n) is 22.2. The van der Waals surface area contributed by atoms with E-state index in [1.165, 1.54) is 0 Å². The van der Waals surface area contributed by atoms with E-state index in [9.17, 15) is 19.5 Å². The maximum absolute atomic E-state index is 14.3. The minimum atomic E-state index is -0.632. The quantitative estimate of drug-likeness (QED) is 0.200. The summed E-state index contributed by atoms with van der Waals surface area (Å²) in [7, 11) is 0. The number of amides is 2. The third-order valence-electron chi connectivity index (χ3n) is 8.24. The first-order valence-corrected chi connectivity index (χ1v) is 14.3. The fraction of sp³-hybridized carbons (Fsp3) is 0.750. The van der Waals surface area contributed by atoms with Gasteiger partial charge in [0, 0.05) is 30.5 Å². The van der Waals surface area contributed by atoms with E-state index in [0.29, 0.717) is 32.4 Å². The van der Waals surface area contributed by atoms with Crippen LogP contribution >= 0.6 is 11.8 Å². The summed E-state index contributed by atoms with van der Waals surface area (Å²) in [5.41, 5.74) is 0. The van der Waals surface area contributed by atoms with Crippen LogP contribution in [0.2, 0.25) is 0 Å². The molecule has 0 saturated carbocycles. The Balaban J connectivity index is 1.99. The standard InChI is InChI=1S/C28H44N2O5S/c1-6-9-19-35-26(34)22-21-24(32)30(17-11-10-12-18-31)23(28(21)15-14-27(22,5)36-28)25(33)29(16-8-3)20(4)13-7-2/h6,8,20-23,31H,1,3,7,9-19H2,2,4-5H3/t20?,21-,22-,23?,27+,28?/m0/s1. The number of hydrogen-bond acceptors (Lipinski definition) is 6.